The third kappa shape index (κ3) is 5.33. The Morgan fingerprint density at radius 3 is 2.59 bits per heavy atom. The summed E-state index contributed by atoms with van der Waals surface area (Å²) in [5, 5.41) is 0.838. The average molecular weight is 511 g/mol. The van der Waals surface area contributed by atoms with Crippen LogP contribution in [0.3, 0.4) is 0 Å². The minimum Gasteiger partial charge on any atom is -0.488 e. The van der Waals surface area contributed by atoms with E-state index in [4.69, 9.17) is 4.74 Å². The predicted molar refractivity (Wildman–Crippen MR) is 132 cm³/mol. The highest BCUT2D eigenvalue weighted by Crippen LogP contribution is 2.33. The van der Waals surface area contributed by atoms with Crippen LogP contribution in [0.5, 0.6) is 11.6 Å². The molecule has 2 unspecified atom stereocenters. The van der Waals surface area contributed by atoms with Gasteiger partial charge in [0.1, 0.15) is 11.9 Å². The van der Waals surface area contributed by atoms with Gasteiger partial charge in [-0.25, -0.2) is 4.98 Å². The Kier molecular flexibility index (Phi) is 6.90. The monoisotopic (exact) mass is 510 g/mol. The van der Waals surface area contributed by atoms with Crippen LogP contribution in [0.2, 0.25) is 0 Å². The van der Waals surface area contributed by atoms with Crippen molar-refractivity contribution in [3.8, 4) is 22.8 Å². The molecule has 0 bridgehead atoms. The van der Waals surface area contributed by atoms with Gasteiger partial charge in [0.25, 0.3) is 0 Å². The van der Waals surface area contributed by atoms with Crippen molar-refractivity contribution in [1.82, 2.24) is 19.8 Å². The maximum Gasteiger partial charge on any atom is 0.388 e. The predicted octanol–water partition coefficient (Wildman–Crippen LogP) is 4.05. The number of hydrogen-bond donors (Lipinski definition) is 0. The van der Waals surface area contributed by atoms with E-state index in [2.05, 4.69) is 14.7 Å². The number of aryl methyl sites for hydroxylation is 1. The SMILES string of the molecule is CC(=O)N1CCC(C(=O)N2CCC(Oc3ccc4nccc(-c5cnc(OC(F)F)c(C)c5)c4c3)C2)C1. The number of aromatic nitrogens is 2. The van der Waals surface area contributed by atoms with Crippen molar-refractivity contribution in [3.63, 3.8) is 0 Å². The second-order valence-electron chi connectivity index (χ2n) is 9.53. The molecule has 2 aliphatic rings. The minimum absolute atomic E-state index is 0.00599. The maximum atomic E-state index is 13.0. The number of carbonyl (C=O) groups is 2. The Labute approximate surface area is 213 Å². The summed E-state index contributed by atoms with van der Waals surface area (Å²) in [6.07, 6.45) is 4.48. The van der Waals surface area contributed by atoms with Crippen LogP contribution in [0.25, 0.3) is 22.0 Å². The Hall–Kier alpha value is -3.82. The highest BCUT2D eigenvalue weighted by molar-refractivity contribution is 5.95. The van der Waals surface area contributed by atoms with E-state index in [0.29, 0.717) is 43.9 Å². The summed E-state index contributed by atoms with van der Waals surface area (Å²) >= 11 is 0. The van der Waals surface area contributed by atoms with Crippen LogP contribution in [0.4, 0.5) is 8.78 Å². The lowest BCUT2D eigenvalue weighted by Crippen LogP contribution is -2.37. The number of pyridine rings is 2. The topological polar surface area (TPSA) is 84.9 Å². The van der Waals surface area contributed by atoms with Gasteiger partial charge in [-0.2, -0.15) is 8.78 Å². The first-order chi connectivity index (χ1) is 17.8. The molecule has 0 aliphatic carbocycles. The lowest BCUT2D eigenvalue weighted by Gasteiger charge is -2.21. The van der Waals surface area contributed by atoms with Crippen LogP contribution in [0.15, 0.2) is 42.7 Å². The summed E-state index contributed by atoms with van der Waals surface area (Å²) in [5.74, 6) is 0.500. The first-order valence-corrected chi connectivity index (χ1v) is 12.3. The number of nitrogens with zero attached hydrogens (tertiary/aromatic N) is 4. The largest absolute Gasteiger partial charge is 0.488 e. The fourth-order valence-electron chi connectivity index (χ4n) is 5.09. The van der Waals surface area contributed by atoms with Crippen molar-refractivity contribution in [2.45, 2.75) is 39.4 Å². The van der Waals surface area contributed by atoms with E-state index >= 15 is 0 Å². The van der Waals surface area contributed by atoms with Gasteiger partial charge >= 0.3 is 6.61 Å². The number of alkyl halides is 2. The minimum atomic E-state index is -2.94. The molecular formula is C27H28F2N4O4. The van der Waals surface area contributed by atoms with Gasteiger partial charge in [-0.1, -0.05) is 0 Å². The molecule has 5 rings (SSSR count). The number of amides is 2. The van der Waals surface area contributed by atoms with Crippen LogP contribution < -0.4 is 9.47 Å². The Bertz CT molecular complexity index is 1340. The van der Waals surface area contributed by atoms with Gasteiger partial charge in [-0.15, -0.1) is 0 Å². The van der Waals surface area contributed by atoms with Gasteiger partial charge in [0.05, 0.1) is 18.0 Å². The van der Waals surface area contributed by atoms with Crippen LogP contribution in [0.1, 0.15) is 25.3 Å². The van der Waals surface area contributed by atoms with E-state index in [1.807, 2.05) is 29.2 Å². The zero-order chi connectivity index (χ0) is 26.1. The van der Waals surface area contributed by atoms with E-state index in [-0.39, 0.29) is 29.7 Å². The molecule has 2 fully saturated rings. The Balaban J connectivity index is 1.30. The molecule has 3 aromatic rings. The highest BCUT2D eigenvalue weighted by Gasteiger charge is 2.36. The zero-order valence-corrected chi connectivity index (χ0v) is 20.7. The molecule has 1 aromatic carbocycles. The molecule has 10 heteroatoms. The molecule has 0 spiro atoms. The Morgan fingerprint density at radius 1 is 1.05 bits per heavy atom. The highest BCUT2D eigenvalue weighted by atomic mass is 19.3. The third-order valence-electron chi connectivity index (χ3n) is 7.00. The van der Waals surface area contributed by atoms with Gasteiger partial charge < -0.3 is 19.3 Å². The number of hydrogen-bond acceptors (Lipinski definition) is 6. The molecule has 8 nitrogen and oxygen atoms in total. The molecule has 2 aliphatic heterocycles. The number of carbonyl (C=O) groups excluding carboxylic acids is 2. The van der Waals surface area contributed by atoms with Gasteiger partial charge in [0.15, 0.2) is 0 Å². The first-order valence-electron chi connectivity index (χ1n) is 12.3. The van der Waals surface area contributed by atoms with Crippen LogP contribution in [-0.4, -0.2) is 70.5 Å². The van der Waals surface area contributed by atoms with E-state index in [1.54, 1.807) is 24.1 Å². The van der Waals surface area contributed by atoms with Crippen molar-refractivity contribution in [2.24, 2.45) is 5.92 Å². The van der Waals surface area contributed by atoms with Crippen molar-refractivity contribution in [3.05, 3.63) is 48.3 Å². The number of rotatable bonds is 6. The zero-order valence-electron chi connectivity index (χ0n) is 20.7. The fourth-order valence-corrected chi connectivity index (χ4v) is 5.09. The molecule has 2 saturated heterocycles. The number of benzene rings is 1. The normalized spacial score (nSPS) is 19.6. The first kappa shape index (κ1) is 24.9. The van der Waals surface area contributed by atoms with Crippen LogP contribution in [0, 0.1) is 12.8 Å². The molecule has 0 radical (unpaired) electrons. The standard InChI is InChI=1S/C27H28F2N4O4/c1-16-11-19(13-31-25(16)37-27(28)29)22-5-8-30-24-4-3-20(12-23(22)24)36-21-7-10-33(15-21)26(35)18-6-9-32(14-18)17(2)34/h3-5,8,11-13,18,21,27H,6-7,9-10,14-15H2,1-2H3. The fraction of sp³-hybridized carbons (Fsp3) is 0.407. The van der Waals surface area contributed by atoms with Crippen molar-refractivity contribution in [1.29, 1.82) is 0 Å². The molecule has 2 amide bonds. The maximum absolute atomic E-state index is 13.0. The Morgan fingerprint density at radius 2 is 1.86 bits per heavy atom. The number of fused-ring (bicyclic) bond motifs is 1. The van der Waals surface area contributed by atoms with Crippen LogP contribution >= 0.6 is 0 Å². The molecule has 4 heterocycles. The van der Waals surface area contributed by atoms with Gasteiger partial charge in [-0.05, 0) is 49.2 Å². The summed E-state index contributed by atoms with van der Waals surface area (Å²) in [6, 6.07) is 9.23. The quantitative estimate of drug-likeness (QED) is 0.498. The molecular weight excluding hydrogens is 482 g/mol. The summed E-state index contributed by atoms with van der Waals surface area (Å²) in [4.78, 5) is 36.6. The van der Waals surface area contributed by atoms with Crippen molar-refractivity contribution in [2.75, 3.05) is 26.2 Å². The van der Waals surface area contributed by atoms with Gasteiger partial charge in [0, 0.05) is 61.9 Å². The molecule has 2 aromatic heterocycles. The van der Waals surface area contributed by atoms with E-state index < -0.39 is 6.61 Å². The molecule has 2 atom stereocenters. The van der Waals surface area contributed by atoms with Crippen molar-refractivity contribution >= 4 is 22.7 Å². The lowest BCUT2D eigenvalue weighted by atomic mass is 10.0. The van der Waals surface area contributed by atoms with E-state index in [0.717, 1.165) is 28.5 Å². The number of ether oxygens (including phenoxy) is 2. The smallest absolute Gasteiger partial charge is 0.388 e. The average Bonchev–Trinajstić information content (AvgIpc) is 3.55. The molecule has 0 N–H and O–H groups in total. The molecule has 0 saturated carbocycles. The number of likely N-dealkylation sites (tertiary alicyclic amines) is 2. The van der Waals surface area contributed by atoms with Gasteiger partial charge in [0.2, 0.25) is 17.7 Å². The van der Waals surface area contributed by atoms with E-state index in [1.165, 1.54) is 13.1 Å². The summed E-state index contributed by atoms with van der Waals surface area (Å²) in [5.41, 5.74) is 2.85. The lowest BCUT2D eigenvalue weighted by molar-refractivity contribution is -0.134. The summed E-state index contributed by atoms with van der Waals surface area (Å²) < 4.78 is 36.0. The summed E-state index contributed by atoms with van der Waals surface area (Å²) in [7, 11) is 0. The summed E-state index contributed by atoms with van der Waals surface area (Å²) in [6.45, 7) is 2.51. The molecule has 37 heavy (non-hydrogen) atoms. The van der Waals surface area contributed by atoms with Crippen molar-refractivity contribution < 1.29 is 27.8 Å². The second-order valence-corrected chi connectivity index (χ2v) is 9.53. The second kappa shape index (κ2) is 10.3. The van der Waals surface area contributed by atoms with Crippen LogP contribution in [-0.2, 0) is 9.59 Å². The van der Waals surface area contributed by atoms with E-state index in [9.17, 15) is 18.4 Å². The third-order valence-corrected chi connectivity index (χ3v) is 7.00. The number of halogens is 2. The van der Waals surface area contributed by atoms with Gasteiger partial charge in [-0.3, -0.25) is 14.6 Å². The molecule has 194 valence electrons.